The fraction of sp³-hybridized carbons (Fsp3) is 0.217. The second kappa shape index (κ2) is 9.25. The number of aromatic nitrogens is 8. The van der Waals surface area contributed by atoms with E-state index in [-0.39, 0.29) is 10.3 Å². The van der Waals surface area contributed by atoms with Gasteiger partial charge in [0.25, 0.3) is 0 Å². The molecule has 0 unspecified atom stereocenters. The summed E-state index contributed by atoms with van der Waals surface area (Å²) in [6.07, 6.45) is 2.86. The van der Waals surface area contributed by atoms with E-state index in [4.69, 9.17) is 28.2 Å². The number of aromatic amines is 1. The minimum atomic E-state index is 0.252. The van der Waals surface area contributed by atoms with Gasteiger partial charge in [0.15, 0.2) is 10.3 Å². The molecule has 0 saturated carbocycles. The number of hydrogen-bond donors (Lipinski definition) is 1. The first-order valence-corrected chi connectivity index (χ1v) is 11.4. The van der Waals surface area contributed by atoms with Crippen molar-refractivity contribution in [2.75, 3.05) is 0 Å². The highest BCUT2D eigenvalue weighted by Crippen LogP contribution is 2.34. The standard InChI is InChI=1S/C23H20Cl2N8/c1-2-3-12-18-26-19-20(22(25)28-27-21(19)24)33(18)13-14-8-4-5-9-15(14)16-10-6-7-11-17(16)23-29-31-32-30-23/h4-11H,2-3,12-13H2,1H3,(H,29,30,31,32). The highest BCUT2D eigenvalue weighted by molar-refractivity contribution is 6.37. The predicted molar refractivity (Wildman–Crippen MR) is 128 cm³/mol. The summed E-state index contributed by atoms with van der Waals surface area (Å²) < 4.78 is 2.10. The summed E-state index contributed by atoms with van der Waals surface area (Å²) in [5.41, 5.74) is 5.33. The predicted octanol–water partition coefficient (Wildman–Crippen LogP) is 5.37. The van der Waals surface area contributed by atoms with Gasteiger partial charge in [0, 0.05) is 12.0 Å². The minimum absolute atomic E-state index is 0.252. The van der Waals surface area contributed by atoms with Crippen LogP contribution in [0.25, 0.3) is 33.5 Å². The highest BCUT2D eigenvalue weighted by Gasteiger charge is 2.20. The number of hydrogen-bond acceptors (Lipinski definition) is 6. The molecule has 5 aromatic rings. The van der Waals surface area contributed by atoms with E-state index in [1.165, 1.54) is 0 Å². The number of halogens is 2. The van der Waals surface area contributed by atoms with Crippen molar-refractivity contribution in [2.45, 2.75) is 32.7 Å². The number of imidazole rings is 1. The van der Waals surface area contributed by atoms with Crippen molar-refractivity contribution in [1.82, 2.24) is 40.4 Å². The van der Waals surface area contributed by atoms with Crippen molar-refractivity contribution >= 4 is 34.2 Å². The highest BCUT2D eigenvalue weighted by atomic mass is 35.5. The molecule has 0 fully saturated rings. The summed E-state index contributed by atoms with van der Waals surface area (Å²) >= 11 is 12.8. The lowest BCUT2D eigenvalue weighted by molar-refractivity contribution is 0.690. The molecule has 0 aliphatic carbocycles. The van der Waals surface area contributed by atoms with Gasteiger partial charge in [-0.05, 0) is 28.3 Å². The van der Waals surface area contributed by atoms with E-state index >= 15 is 0 Å². The van der Waals surface area contributed by atoms with Crippen LogP contribution < -0.4 is 0 Å². The van der Waals surface area contributed by atoms with Crippen LogP contribution in [-0.4, -0.2) is 40.4 Å². The Morgan fingerprint density at radius 1 is 0.879 bits per heavy atom. The third-order valence-corrected chi connectivity index (χ3v) is 6.08. The molecule has 0 amide bonds. The molecule has 0 aliphatic rings. The van der Waals surface area contributed by atoms with E-state index in [0.29, 0.717) is 23.4 Å². The van der Waals surface area contributed by atoms with Gasteiger partial charge in [-0.1, -0.05) is 85.1 Å². The van der Waals surface area contributed by atoms with Gasteiger partial charge in [0.1, 0.15) is 16.9 Å². The Morgan fingerprint density at radius 2 is 1.61 bits per heavy atom. The van der Waals surface area contributed by atoms with Gasteiger partial charge >= 0.3 is 0 Å². The van der Waals surface area contributed by atoms with Gasteiger partial charge in [-0.15, -0.1) is 20.4 Å². The van der Waals surface area contributed by atoms with Gasteiger partial charge in [0.2, 0.25) is 5.82 Å². The Morgan fingerprint density at radius 3 is 2.36 bits per heavy atom. The summed E-state index contributed by atoms with van der Waals surface area (Å²) in [7, 11) is 0. The van der Waals surface area contributed by atoms with E-state index < -0.39 is 0 Å². The normalized spacial score (nSPS) is 11.4. The van der Waals surface area contributed by atoms with Crippen LogP contribution in [0.4, 0.5) is 0 Å². The van der Waals surface area contributed by atoms with Gasteiger partial charge in [0.05, 0.1) is 6.54 Å². The summed E-state index contributed by atoms with van der Waals surface area (Å²) in [5.74, 6) is 1.45. The SMILES string of the molecule is CCCCc1nc2c(Cl)nnc(Cl)c2n1Cc1ccccc1-c1ccccc1-c1nn[nH]n1. The van der Waals surface area contributed by atoms with E-state index in [0.717, 1.165) is 47.3 Å². The van der Waals surface area contributed by atoms with Crippen LogP contribution in [0.2, 0.25) is 10.3 Å². The lowest BCUT2D eigenvalue weighted by atomic mass is 9.95. The van der Waals surface area contributed by atoms with Crippen molar-refractivity contribution < 1.29 is 0 Å². The molecular weight excluding hydrogens is 459 g/mol. The molecule has 10 heteroatoms. The first kappa shape index (κ1) is 21.5. The summed E-state index contributed by atoms with van der Waals surface area (Å²) in [4.78, 5) is 4.78. The number of tetrazole rings is 1. The molecule has 5 rings (SSSR count). The maximum Gasteiger partial charge on any atom is 0.205 e. The van der Waals surface area contributed by atoms with Gasteiger partial charge in [-0.25, -0.2) is 4.98 Å². The molecule has 0 aliphatic heterocycles. The average molecular weight is 479 g/mol. The summed E-state index contributed by atoms with van der Waals surface area (Å²) in [5, 5.41) is 23.1. The number of H-pyrrole nitrogens is 1. The van der Waals surface area contributed by atoms with Crippen LogP contribution in [0.5, 0.6) is 0 Å². The van der Waals surface area contributed by atoms with Crippen LogP contribution in [0.1, 0.15) is 31.2 Å². The van der Waals surface area contributed by atoms with Gasteiger partial charge in [-0.2, -0.15) is 5.21 Å². The topological polar surface area (TPSA) is 98.1 Å². The lowest BCUT2D eigenvalue weighted by Gasteiger charge is -2.15. The summed E-state index contributed by atoms with van der Waals surface area (Å²) in [6.45, 7) is 2.70. The van der Waals surface area contributed by atoms with Crippen LogP contribution in [-0.2, 0) is 13.0 Å². The van der Waals surface area contributed by atoms with Crippen LogP contribution in [0.15, 0.2) is 48.5 Å². The van der Waals surface area contributed by atoms with E-state index in [1.54, 1.807) is 0 Å². The minimum Gasteiger partial charge on any atom is -0.321 e. The van der Waals surface area contributed by atoms with Crippen molar-refractivity contribution in [1.29, 1.82) is 0 Å². The molecule has 8 nitrogen and oxygen atoms in total. The molecular formula is C23H20Cl2N8. The first-order valence-electron chi connectivity index (χ1n) is 10.6. The molecule has 0 atom stereocenters. The Kier molecular flexibility index (Phi) is 6.02. The maximum absolute atomic E-state index is 6.48. The van der Waals surface area contributed by atoms with Crippen molar-refractivity contribution in [3.05, 3.63) is 70.2 Å². The third-order valence-electron chi connectivity index (χ3n) is 5.57. The number of fused-ring (bicyclic) bond motifs is 1. The number of nitrogens with zero attached hydrogens (tertiary/aromatic N) is 7. The molecule has 0 saturated heterocycles. The number of aryl methyl sites for hydroxylation is 1. The molecule has 2 aromatic carbocycles. The second-order valence-corrected chi connectivity index (χ2v) is 8.35. The smallest absolute Gasteiger partial charge is 0.205 e. The zero-order chi connectivity index (χ0) is 22.8. The number of rotatable bonds is 7. The monoisotopic (exact) mass is 478 g/mol. The second-order valence-electron chi connectivity index (χ2n) is 7.63. The number of unbranched alkanes of at least 4 members (excludes halogenated alkanes) is 1. The zero-order valence-electron chi connectivity index (χ0n) is 17.8. The number of benzene rings is 2. The van der Waals surface area contributed by atoms with E-state index in [9.17, 15) is 0 Å². The van der Waals surface area contributed by atoms with Crippen molar-refractivity contribution in [3.63, 3.8) is 0 Å². The molecule has 1 N–H and O–H groups in total. The zero-order valence-corrected chi connectivity index (χ0v) is 19.3. The Bertz CT molecular complexity index is 1410. The molecule has 3 aromatic heterocycles. The average Bonchev–Trinajstić information content (AvgIpc) is 3.50. The molecule has 33 heavy (non-hydrogen) atoms. The molecule has 166 valence electrons. The van der Waals surface area contributed by atoms with E-state index in [1.807, 2.05) is 30.3 Å². The fourth-order valence-corrected chi connectivity index (χ4v) is 4.41. The summed E-state index contributed by atoms with van der Waals surface area (Å²) in [6, 6.07) is 16.2. The third kappa shape index (κ3) is 4.07. The van der Waals surface area contributed by atoms with Gasteiger partial charge < -0.3 is 4.57 Å². The fourth-order valence-electron chi connectivity index (χ4n) is 4.01. The van der Waals surface area contributed by atoms with Gasteiger partial charge in [-0.3, -0.25) is 0 Å². The quantitative estimate of drug-likeness (QED) is 0.337. The molecule has 0 radical (unpaired) electrons. The van der Waals surface area contributed by atoms with Crippen LogP contribution >= 0.6 is 23.2 Å². The number of nitrogens with one attached hydrogen (secondary N) is 1. The van der Waals surface area contributed by atoms with Crippen molar-refractivity contribution in [3.8, 4) is 22.5 Å². The Balaban J connectivity index is 1.66. The van der Waals surface area contributed by atoms with Crippen LogP contribution in [0.3, 0.4) is 0 Å². The Hall–Kier alpha value is -3.36. The largest absolute Gasteiger partial charge is 0.321 e. The van der Waals surface area contributed by atoms with Crippen LogP contribution in [0, 0.1) is 0 Å². The van der Waals surface area contributed by atoms with Crippen molar-refractivity contribution in [2.24, 2.45) is 0 Å². The molecule has 0 spiro atoms. The molecule has 3 heterocycles. The first-order chi connectivity index (χ1) is 16.2. The van der Waals surface area contributed by atoms with E-state index in [2.05, 4.69) is 60.5 Å². The molecule has 0 bridgehead atoms. The maximum atomic E-state index is 6.48. The lowest BCUT2D eigenvalue weighted by Crippen LogP contribution is -2.07. The Labute approximate surface area is 200 Å².